The SMILES string of the molecule is Clc1cscc1NC1=NC2CCCCC2N1. The van der Waals surface area contributed by atoms with E-state index in [9.17, 15) is 0 Å². The third-order valence-corrected chi connectivity index (χ3v) is 4.40. The Balaban J connectivity index is 1.71. The van der Waals surface area contributed by atoms with E-state index in [1.807, 2.05) is 10.8 Å². The van der Waals surface area contributed by atoms with Gasteiger partial charge in [-0.25, -0.2) is 4.99 Å². The first-order chi connectivity index (χ1) is 7.83. The van der Waals surface area contributed by atoms with E-state index in [0.29, 0.717) is 12.1 Å². The topological polar surface area (TPSA) is 36.4 Å². The summed E-state index contributed by atoms with van der Waals surface area (Å²) in [4.78, 5) is 4.67. The molecule has 3 rings (SSSR count). The molecule has 1 aliphatic carbocycles. The number of nitrogens with zero attached hydrogens (tertiary/aromatic N) is 1. The lowest BCUT2D eigenvalue weighted by Gasteiger charge is -2.23. The summed E-state index contributed by atoms with van der Waals surface area (Å²) < 4.78 is 0. The van der Waals surface area contributed by atoms with Crippen LogP contribution in [0.1, 0.15) is 25.7 Å². The lowest BCUT2D eigenvalue weighted by atomic mass is 9.92. The molecule has 2 atom stereocenters. The number of guanidine groups is 1. The Morgan fingerprint density at radius 1 is 1.38 bits per heavy atom. The van der Waals surface area contributed by atoms with Gasteiger partial charge in [0.15, 0.2) is 5.96 Å². The molecule has 5 heteroatoms. The van der Waals surface area contributed by atoms with E-state index in [4.69, 9.17) is 11.6 Å². The maximum atomic E-state index is 6.04. The molecule has 2 N–H and O–H groups in total. The predicted octanol–water partition coefficient (Wildman–Crippen LogP) is 3.08. The molecule has 0 aromatic carbocycles. The zero-order valence-electron chi connectivity index (χ0n) is 8.87. The fourth-order valence-electron chi connectivity index (χ4n) is 2.38. The van der Waals surface area contributed by atoms with Crippen molar-refractivity contribution in [1.82, 2.24) is 5.32 Å². The van der Waals surface area contributed by atoms with Crippen LogP contribution >= 0.6 is 22.9 Å². The minimum Gasteiger partial charge on any atom is -0.351 e. The highest BCUT2D eigenvalue weighted by Crippen LogP contribution is 2.28. The Labute approximate surface area is 104 Å². The molecule has 0 spiro atoms. The van der Waals surface area contributed by atoms with Crippen LogP contribution in [0.2, 0.25) is 5.02 Å². The monoisotopic (exact) mass is 255 g/mol. The van der Waals surface area contributed by atoms with Gasteiger partial charge in [-0.15, -0.1) is 11.3 Å². The molecule has 1 aromatic rings. The number of rotatable bonds is 1. The van der Waals surface area contributed by atoms with Gasteiger partial charge in [-0.1, -0.05) is 24.4 Å². The van der Waals surface area contributed by atoms with E-state index in [0.717, 1.165) is 16.7 Å². The first-order valence-electron chi connectivity index (χ1n) is 5.66. The lowest BCUT2D eigenvalue weighted by molar-refractivity contribution is 0.384. The highest BCUT2D eigenvalue weighted by Gasteiger charge is 2.30. The van der Waals surface area contributed by atoms with Crippen molar-refractivity contribution in [3.8, 4) is 0 Å². The quantitative estimate of drug-likeness (QED) is 0.809. The van der Waals surface area contributed by atoms with E-state index in [1.165, 1.54) is 25.7 Å². The molecule has 2 aliphatic rings. The van der Waals surface area contributed by atoms with Crippen molar-refractivity contribution in [3.63, 3.8) is 0 Å². The van der Waals surface area contributed by atoms with Crippen LogP contribution in [-0.2, 0) is 0 Å². The second-order valence-corrected chi connectivity index (χ2v) is 5.49. The molecule has 1 fully saturated rings. The molecule has 0 bridgehead atoms. The zero-order valence-corrected chi connectivity index (χ0v) is 10.4. The zero-order chi connectivity index (χ0) is 11.0. The molecular weight excluding hydrogens is 242 g/mol. The van der Waals surface area contributed by atoms with Crippen molar-refractivity contribution in [2.24, 2.45) is 4.99 Å². The van der Waals surface area contributed by atoms with E-state index in [1.54, 1.807) is 11.3 Å². The molecule has 1 aromatic heterocycles. The summed E-state index contributed by atoms with van der Waals surface area (Å²) in [5, 5.41) is 11.4. The number of thiophene rings is 1. The van der Waals surface area contributed by atoms with Crippen molar-refractivity contribution >= 4 is 34.6 Å². The van der Waals surface area contributed by atoms with E-state index in [2.05, 4.69) is 15.6 Å². The van der Waals surface area contributed by atoms with Gasteiger partial charge in [0, 0.05) is 10.8 Å². The van der Waals surface area contributed by atoms with Gasteiger partial charge >= 0.3 is 0 Å². The normalized spacial score (nSPS) is 28.2. The lowest BCUT2D eigenvalue weighted by Crippen LogP contribution is -2.38. The van der Waals surface area contributed by atoms with Crippen molar-refractivity contribution in [2.75, 3.05) is 5.32 Å². The fourth-order valence-corrected chi connectivity index (χ4v) is 3.34. The number of anilines is 1. The summed E-state index contributed by atoms with van der Waals surface area (Å²) in [5.74, 6) is 0.886. The average Bonchev–Trinajstić information content (AvgIpc) is 2.85. The fraction of sp³-hybridized carbons (Fsp3) is 0.545. The predicted molar refractivity (Wildman–Crippen MR) is 69.6 cm³/mol. The third kappa shape index (κ3) is 1.92. The standard InChI is InChI=1S/C11H14ClN3S/c12-7-5-16-6-10(7)15-11-13-8-3-1-2-4-9(8)14-11/h5-6,8-9H,1-4H2,(H2,13,14,15). The molecule has 3 nitrogen and oxygen atoms in total. The molecule has 0 saturated heterocycles. The molecule has 2 unspecified atom stereocenters. The van der Waals surface area contributed by atoms with E-state index < -0.39 is 0 Å². The summed E-state index contributed by atoms with van der Waals surface area (Å²) in [7, 11) is 0. The summed E-state index contributed by atoms with van der Waals surface area (Å²) in [5.41, 5.74) is 0.955. The van der Waals surface area contributed by atoms with Gasteiger partial charge in [0.25, 0.3) is 0 Å². The van der Waals surface area contributed by atoms with Gasteiger partial charge in [-0.05, 0) is 12.8 Å². The highest BCUT2D eigenvalue weighted by molar-refractivity contribution is 7.09. The van der Waals surface area contributed by atoms with Crippen LogP contribution in [0.15, 0.2) is 15.8 Å². The van der Waals surface area contributed by atoms with Gasteiger partial charge in [0.05, 0.1) is 22.8 Å². The maximum absolute atomic E-state index is 6.04. The molecule has 0 radical (unpaired) electrons. The second-order valence-electron chi connectivity index (χ2n) is 4.34. The summed E-state index contributed by atoms with van der Waals surface area (Å²) in [6.45, 7) is 0. The number of hydrogen-bond donors (Lipinski definition) is 2. The summed E-state index contributed by atoms with van der Waals surface area (Å²) in [6, 6.07) is 1.00. The number of fused-ring (bicyclic) bond motifs is 1. The van der Waals surface area contributed by atoms with Crippen LogP contribution in [-0.4, -0.2) is 18.0 Å². The summed E-state index contributed by atoms with van der Waals surface area (Å²) in [6.07, 6.45) is 5.06. The second kappa shape index (κ2) is 4.26. The van der Waals surface area contributed by atoms with Gasteiger partial charge in [-0.2, -0.15) is 0 Å². The Morgan fingerprint density at radius 3 is 3.00 bits per heavy atom. The number of halogens is 1. The smallest absolute Gasteiger partial charge is 0.196 e. The Hall–Kier alpha value is -0.740. The minimum absolute atomic E-state index is 0.466. The van der Waals surface area contributed by atoms with Gasteiger partial charge < -0.3 is 10.6 Å². The Morgan fingerprint density at radius 2 is 2.25 bits per heavy atom. The molecule has 1 aliphatic heterocycles. The van der Waals surface area contributed by atoms with Crippen molar-refractivity contribution in [2.45, 2.75) is 37.8 Å². The molecule has 2 heterocycles. The maximum Gasteiger partial charge on any atom is 0.196 e. The van der Waals surface area contributed by atoms with E-state index >= 15 is 0 Å². The average molecular weight is 256 g/mol. The summed E-state index contributed by atoms with van der Waals surface area (Å²) >= 11 is 7.63. The van der Waals surface area contributed by atoms with Crippen molar-refractivity contribution < 1.29 is 0 Å². The van der Waals surface area contributed by atoms with Gasteiger partial charge in [0.2, 0.25) is 0 Å². The first kappa shape index (κ1) is 10.4. The molecule has 0 amide bonds. The van der Waals surface area contributed by atoms with Crippen LogP contribution in [0, 0.1) is 0 Å². The largest absolute Gasteiger partial charge is 0.351 e. The highest BCUT2D eigenvalue weighted by atomic mass is 35.5. The Bertz CT molecular complexity index is 415. The molecular formula is C11H14ClN3S. The van der Waals surface area contributed by atoms with Crippen LogP contribution in [0.25, 0.3) is 0 Å². The molecule has 86 valence electrons. The van der Waals surface area contributed by atoms with Crippen molar-refractivity contribution in [1.29, 1.82) is 0 Å². The number of aliphatic imine (C=N–C) groups is 1. The van der Waals surface area contributed by atoms with Gasteiger partial charge in [-0.3, -0.25) is 0 Å². The van der Waals surface area contributed by atoms with Crippen molar-refractivity contribution in [3.05, 3.63) is 15.8 Å². The van der Waals surface area contributed by atoms with Crippen LogP contribution in [0.4, 0.5) is 5.69 Å². The minimum atomic E-state index is 0.466. The van der Waals surface area contributed by atoms with E-state index in [-0.39, 0.29) is 0 Å². The van der Waals surface area contributed by atoms with Crippen LogP contribution in [0.5, 0.6) is 0 Å². The number of nitrogens with one attached hydrogen (secondary N) is 2. The Kier molecular flexibility index (Phi) is 2.77. The molecule has 16 heavy (non-hydrogen) atoms. The number of hydrogen-bond acceptors (Lipinski definition) is 4. The van der Waals surface area contributed by atoms with Crippen LogP contribution < -0.4 is 10.6 Å². The third-order valence-electron chi connectivity index (χ3n) is 3.21. The van der Waals surface area contributed by atoms with Crippen LogP contribution in [0.3, 0.4) is 0 Å². The molecule has 1 saturated carbocycles. The van der Waals surface area contributed by atoms with Gasteiger partial charge in [0.1, 0.15) is 0 Å². The first-order valence-corrected chi connectivity index (χ1v) is 6.98.